The summed E-state index contributed by atoms with van der Waals surface area (Å²) in [5, 5.41) is 0.769. The molecule has 1 aromatic carbocycles. The molecule has 0 N–H and O–H groups in total. The van der Waals surface area contributed by atoms with E-state index >= 15 is 0 Å². The van der Waals surface area contributed by atoms with Crippen LogP contribution in [-0.4, -0.2) is 30.1 Å². The average molecular weight is 290 g/mol. The summed E-state index contributed by atoms with van der Waals surface area (Å²) in [6, 6.07) is 8.30. The molecule has 0 aromatic heterocycles. The lowest BCUT2D eigenvalue weighted by Gasteiger charge is -2.48. The highest BCUT2D eigenvalue weighted by Crippen LogP contribution is 2.34. The Morgan fingerprint density at radius 2 is 2.06 bits per heavy atom. The van der Waals surface area contributed by atoms with E-state index in [1.807, 2.05) is 18.2 Å². The standard InChI is InChI=1S/C14H20ClNO.ClH/c1-10-13(11-6-5-7-12(15)8-11)17-9-14(2,3)16(10)4;/h5-8,10,13H,9H2,1-4H3;1H/t10-,13+;/m0./s1. The number of hydrogen-bond donors (Lipinski definition) is 0. The summed E-state index contributed by atoms with van der Waals surface area (Å²) in [6.07, 6.45) is 0.103. The van der Waals surface area contributed by atoms with Gasteiger partial charge in [-0.2, -0.15) is 0 Å². The van der Waals surface area contributed by atoms with Gasteiger partial charge in [0.15, 0.2) is 0 Å². The Balaban J connectivity index is 0.00000162. The minimum atomic E-state index is 0. The van der Waals surface area contributed by atoms with Crippen LogP contribution >= 0.6 is 24.0 Å². The Morgan fingerprint density at radius 1 is 1.39 bits per heavy atom. The lowest BCUT2D eigenvalue weighted by molar-refractivity contribution is -0.123. The van der Waals surface area contributed by atoms with Crippen molar-refractivity contribution in [1.82, 2.24) is 4.90 Å². The fourth-order valence-corrected chi connectivity index (χ4v) is 2.55. The number of morpholine rings is 1. The maximum absolute atomic E-state index is 6.04. The molecule has 1 aromatic rings. The summed E-state index contributed by atoms with van der Waals surface area (Å²) in [5.74, 6) is 0. The van der Waals surface area contributed by atoms with Crippen molar-refractivity contribution in [3.63, 3.8) is 0 Å². The fourth-order valence-electron chi connectivity index (χ4n) is 2.35. The fraction of sp³-hybridized carbons (Fsp3) is 0.571. The van der Waals surface area contributed by atoms with Crippen molar-refractivity contribution in [3.8, 4) is 0 Å². The lowest BCUT2D eigenvalue weighted by atomic mass is 9.93. The first-order valence-corrected chi connectivity index (χ1v) is 6.39. The van der Waals surface area contributed by atoms with E-state index in [0.29, 0.717) is 6.04 Å². The summed E-state index contributed by atoms with van der Waals surface area (Å²) >= 11 is 6.04. The summed E-state index contributed by atoms with van der Waals surface area (Å²) in [6.45, 7) is 7.35. The van der Waals surface area contributed by atoms with Crippen LogP contribution in [0.2, 0.25) is 5.02 Å². The van der Waals surface area contributed by atoms with E-state index in [1.165, 1.54) is 0 Å². The monoisotopic (exact) mass is 289 g/mol. The maximum atomic E-state index is 6.04. The zero-order valence-electron chi connectivity index (χ0n) is 11.3. The molecule has 0 aliphatic carbocycles. The number of ether oxygens (including phenoxy) is 1. The molecule has 0 spiro atoms. The molecule has 1 heterocycles. The maximum Gasteiger partial charge on any atom is 0.0978 e. The largest absolute Gasteiger partial charge is 0.370 e. The first-order valence-electron chi connectivity index (χ1n) is 6.02. The topological polar surface area (TPSA) is 12.5 Å². The van der Waals surface area contributed by atoms with E-state index in [0.717, 1.165) is 17.2 Å². The highest BCUT2D eigenvalue weighted by atomic mass is 35.5. The zero-order valence-corrected chi connectivity index (χ0v) is 12.9. The first kappa shape index (κ1) is 15.8. The van der Waals surface area contributed by atoms with Gasteiger partial charge in [0, 0.05) is 16.6 Å². The molecule has 2 rings (SSSR count). The highest BCUT2D eigenvalue weighted by molar-refractivity contribution is 6.30. The molecular weight excluding hydrogens is 269 g/mol. The number of nitrogens with zero attached hydrogens (tertiary/aromatic N) is 1. The van der Waals surface area contributed by atoms with E-state index in [4.69, 9.17) is 16.3 Å². The van der Waals surface area contributed by atoms with Crippen molar-refractivity contribution in [3.05, 3.63) is 34.9 Å². The van der Waals surface area contributed by atoms with Crippen molar-refractivity contribution in [2.75, 3.05) is 13.7 Å². The van der Waals surface area contributed by atoms with Gasteiger partial charge in [0.2, 0.25) is 0 Å². The van der Waals surface area contributed by atoms with Crippen LogP contribution in [-0.2, 0) is 4.74 Å². The summed E-state index contributed by atoms with van der Waals surface area (Å²) in [5.41, 5.74) is 1.25. The third kappa shape index (κ3) is 3.00. The zero-order chi connectivity index (χ0) is 12.6. The SMILES string of the molecule is C[C@H]1[C@H](c2cccc(Cl)c2)OCC(C)(C)N1C.Cl. The molecule has 1 aliphatic rings. The minimum Gasteiger partial charge on any atom is -0.370 e. The Labute approximate surface area is 121 Å². The molecule has 0 amide bonds. The van der Waals surface area contributed by atoms with Crippen LogP contribution in [0.5, 0.6) is 0 Å². The number of benzene rings is 1. The van der Waals surface area contributed by atoms with Gasteiger partial charge in [0.1, 0.15) is 0 Å². The first-order chi connectivity index (χ1) is 7.92. The van der Waals surface area contributed by atoms with Gasteiger partial charge in [-0.25, -0.2) is 0 Å². The Kier molecular flexibility index (Phi) is 5.07. The molecule has 1 aliphatic heterocycles. The predicted molar refractivity (Wildman–Crippen MR) is 78.7 cm³/mol. The third-order valence-electron chi connectivity index (χ3n) is 3.80. The van der Waals surface area contributed by atoms with Gasteiger partial charge in [-0.1, -0.05) is 23.7 Å². The molecule has 2 atom stereocenters. The van der Waals surface area contributed by atoms with Gasteiger partial charge >= 0.3 is 0 Å². The molecule has 0 bridgehead atoms. The van der Waals surface area contributed by atoms with Crippen molar-refractivity contribution < 1.29 is 4.74 Å². The van der Waals surface area contributed by atoms with Gasteiger partial charge in [0.25, 0.3) is 0 Å². The third-order valence-corrected chi connectivity index (χ3v) is 4.03. The van der Waals surface area contributed by atoms with Crippen LogP contribution in [0.25, 0.3) is 0 Å². The van der Waals surface area contributed by atoms with Gasteiger partial charge in [-0.15, -0.1) is 12.4 Å². The summed E-state index contributed by atoms with van der Waals surface area (Å²) in [7, 11) is 2.16. The summed E-state index contributed by atoms with van der Waals surface area (Å²) < 4.78 is 6.02. The van der Waals surface area contributed by atoms with Crippen molar-refractivity contribution in [1.29, 1.82) is 0 Å². The number of likely N-dealkylation sites (N-methyl/N-ethyl adjacent to an activating group) is 1. The average Bonchev–Trinajstić information content (AvgIpc) is 2.26. The Bertz CT molecular complexity index is 409. The molecule has 1 saturated heterocycles. The van der Waals surface area contributed by atoms with Crippen LogP contribution in [0.3, 0.4) is 0 Å². The van der Waals surface area contributed by atoms with Crippen LogP contribution < -0.4 is 0 Å². The highest BCUT2D eigenvalue weighted by Gasteiger charge is 2.38. The molecular formula is C14H21Cl2NO. The van der Waals surface area contributed by atoms with E-state index < -0.39 is 0 Å². The van der Waals surface area contributed by atoms with Crippen molar-refractivity contribution in [2.45, 2.75) is 38.5 Å². The Morgan fingerprint density at radius 3 is 2.67 bits per heavy atom. The van der Waals surface area contributed by atoms with Gasteiger partial charge in [-0.3, -0.25) is 4.90 Å². The predicted octanol–water partition coefficient (Wildman–Crippen LogP) is 3.93. The van der Waals surface area contributed by atoms with E-state index in [1.54, 1.807) is 0 Å². The second kappa shape index (κ2) is 5.79. The van der Waals surface area contributed by atoms with E-state index in [-0.39, 0.29) is 24.0 Å². The summed E-state index contributed by atoms with van der Waals surface area (Å²) in [4.78, 5) is 2.38. The Hall–Kier alpha value is -0.280. The van der Waals surface area contributed by atoms with E-state index in [2.05, 4.69) is 38.8 Å². The van der Waals surface area contributed by atoms with Crippen molar-refractivity contribution in [2.24, 2.45) is 0 Å². The second-order valence-electron chi connectivity index (χ2n) is 5.45. The molecule has 1 fully saturated rings. The van der Waals surface area contributed by atoms with Crippen LogP contribution in [0.1, 0.15) is 32.4 Å². The quantitative estimate of drug-likeness (QED) is 0.777. The number of hydrogen-bond acceptors (Lipinski definition) is 2. The van der Waals surface area contributed by atoms with Crippen LogP contribution in [0.4, 0.5) is 0 Å². The number of rotatable bonds is 1. The second-order valence-corrected chi connectivity index (χ2v) is 5.89. The van der Waals surface area contributed by atoms with E-state index in [9.17, 15) is 0 Å². The van der Waals surface area contributed by atoms with Gasteiger partial charge in [0.05, 0.1) is 12.7 Å². The molecule has 102 valence electrons. The van der Waals surface area contributed by atoms with Gasteiger partial charge < -0.3 is 4.74 Å². The van der Waals surface area contributed by atoms with Crippen LogP contribution in [0.15, 0.2) is 24.3 Å². The molecule has 0 unspecified atom stereocenters. The molecule has 18 heavy (non-hydrogen) atoms. The van der Waals surface area contributed by atoms with Crippen molar-refractivity contribution >= 4 is 24.0 Å². The minimum absolute atomic E-state index is 0. The number of halogens is 2. The van der Waals surface area contributed by atoms with Gasteiger partial charge in [-0.05, 0) is 45.5 Å². The smallest absolute Gasteiger partial charge is 0.0978 e. The molecule has 0 saturated carbocycles. The molecule has 2 nitrogen and oxygen atoms in total. The molecule has 4 heteroatoms. The lowest BCUT2D eigenvalue weighted by Crippen LogP contribution is -2.56. The molecule has 0 radical (unpaired) electrons. The normalized spacial score (nSPS) is 27.6. The van der Waals surface area contributed by atoms with Crippen LogP contribution in [0, 0.1) is 0 Å².